The lowest BCUT2D eigenvalue weighted by Crippen LogP contribution is -1.97. The molecule has 0 aliphatic carbocycles. The SMILES string of the molecule is Brc1ccc(Cn2ccnn2)s1. The highest BCUT2D eigenvalue weighted by Gasteiger charge is 1.98. The minimum absolute atomic E-state index is 0.802. The Morgan fingerprint density at radius 1 is 1.50 bits per heavy atom. The van der Waals surface area contributed by atoms with Gasteiger partial charge in [0.05, 0.1) is 16.5 Å². The van der Waals surface area contributed by atoms with E-state index in [2.05, 4.69) is 32.3 Å². The summed E-state index contributed by atoms with van der Waals surface area (Å²) in [7, 11) is 0. The van der Waals surface area contributed by atoms with Gasteiger partial charge in [0.25, 0.3) is 0 Å². The number of nitrogens with zero attached hydrogens (tertiary/aromatic N) is 3. The molecule has 0 bridgehead atoms. The summed E-state index contributed by atoms with van der Waals surface area (Å²) in [6.45, 7) is 0.802. The number of hydrogen-bond acceptors (Lipinski definition) is 3. The number of halogens is 1. The van der Waals surface area contributed by atoms with E-state index in [0.717, 1.165) is 10.3 Å². The maximum Gasteiger partial charge on any atom is 0.0770 e. The standard InChI is InChI=1S/C7H6BrN3S/c8-7-2-1-6(12-7)5-11-4-3-9-10-11/h1-4H,5H2. The highest BCUT2D eigenvalue weighted by Crippen LogP contribution is 2.22. The van der Waals surface area contributed by atoms with E-state index in [9.17, 15) is 0 Å². The molecule has 0 fully saturated rings. The van der Waals surface area contributed by atoms with E-state index in [4.69, 9.17) is 0 Å². The molecular formula is C7H6BrN3S. The van der Waals surface area contributed by atoms with Crippen molar-refractivity contribution in [3.05, 3.63) is 33.2 Å². The highest BCUT2D eigenvalue weighted by atomic mass is 79.9. The largest absolute Gasteiger partial charge is 0.247 e. The number of thiophene rings is 1. The third kappa shape index (κ3) is 1.73. The molecule has 2 aromatic heterocycles. The Balaban J connectivity index is 2.14. The van der Waals surface area contributed by atoms with Crippen molar-refractivity contribution < 1.29 is 0 Å². The summed E-state index contributed by atoms with van der Waals surface area (Å²) in [4.78, 5) is 1.27. The van der Waals surface area contributed by atoms with Crippen molar-refractivity contribution in [2.45, 2.75) is 6.54 Å². The first kappa shape index (κ1) is 7.94. The van der Waals surface area contributed by atoms with E-state index >= 15 is 0 Å². The van der Waals surface area contributed by atoms with Gasteiger partial charge in [0.15, 0.2) is 0 Å². The van der Waals surface area contributed by atoms with Crippen molar-refractivity contribution in [2.24, 2.45) is 0 Å². The van der Waals surface area contributed by atoms with Gasteiger partial charge in [-0.2, -0.15) is 0 Å². The molecule has 0 spiro atoms. The first-order chi connectivity index (χ1) is 5.84. The smallest absolute Gasteiger partial charge is 0.0770 e. The summed E-state index contributed by atoms with van der Waals surface area (Å²) in [6.07, 6.45) is 3.54. The Kier molecular flexibility index (Phi) is 2.23. The Hall–Kier alpha value is -0.680. The van der Waals surface area contributed by atoms with Gasteiger partial charge in [-0.15, -0.1) is 16.4 Å². The van der Waals surface area contributed by atoms with Crippen molar-refractivity contribution in [3.63, 3.8) is 0 Å². The van der Waals surface area contributed by atoms with Gasteiger partial charge < -0.3 is 0 Å². The van der Waals surface area contributed by atoms with Crippen LogP contribution in [-0.4, -0.2) is 15.0 Å². The van der Waals surface area contributed by atoms with Crippen LogP contribution in [0.5, 0.6) is 0 Å². The zero-order valence-electron chi connectivity index (χ0n) is 6.14. The zero-order valence-corrected chi connectivity index (χ0v) is 8.55. The van der Waals surface area contributed by atoms with Crippen LogP contribution in [0.4, 0.5) is 0 Å². The van der Waals surface area contributed by atoms with Crippen molar-refractivity contribution in [1.29, 1.82) is 0 Å². The van der Waals surface area contributed by atoms with E-state index in [1.165, 1.54) is 4.88 Å². The van der Waals surface area contributed by atoms with Crippen LogP contribution in [0.25, 0.3) is 0 Å². The van der Waals surface area contributed by atoms with Crippen molar-refractivity contribution in [3.8, 4) is 0 Å². The maximum absolute atomic E-state index is 3.88. The average Bonchev–Trinajstić information content (AvgIpc) is 2.63. The van der Waals surface area contributed by atoms with Crippen LogP contribution in [0.3, 0.4) is 0 Å². The highest BCUT2D eigenvalue weighted by molar-refractivity contribution is 9.11. The summed E-state index contributed by atoms with van der Waals surface area (Å²) < 4.78 is 2.95. The van der Waals surface area contributed by atoms with Crippen LogP contribution in [0, 0.1) is 0 Å². The topological polar surface area (TPSA) is 30.7 Å². The predicted molar refractivity (Wildman–Crippen MR) is 51.1 cm³/mol. The van der Waals surface area contributed by atoms with Crippen LogP contribution in [0.15, 0.2) is 28.3 Å². The molecule has 2 heterocycles. The third-order valence-corrected chi connectivity index (χ3v) is 3.03. The van der Waals surface area contributed by atoms with Gasteiger partial charge in [0, 0.05) is 11.1 Å². The molecule has 62 valence electrons. The summed E-state index contributed by atoms with van der Waals surface area (Å²) in [6, 6.07) is 4.12. The predicted octanol–water partition coefficient (Wildman–Crippen LogP) is 2.15. The lowest BCUT2D eigenvalue weighted by atomic mass is 10.5. The van der Waals surface area contributed by atoms with E-state index in [-0.39, 0.29) is 0 Å². The molecule has 12 heavy (non-hydrogen) atoms. The number of aromatic nitrogens is 3. The molecular weight excluding hydrogens is 238 g/mol. The molecule has 0 aliphatic rings. The fourth-order valence-electron chi connectivity index (χ4n) is 0.913. The molecule has 0 atom stereocenters. The molecule has 0 N–H and O–H groups in total. The minimum atomic E-state index is 0.802. The lowest BCUT2D eigenvalue weighted by molar-refractivity contribution is 0.656. The summed E-state index contributed by atoms with van der Waals surface area (Å²) in [5, 5.41) is 7.61. The van der Waals surface area contributed by atoms with Gasteiger partial charge in [-0.1, -0.05) is 5.21 Å². The van der Waals surface area contributed by atoms with Crippen molar-refractivity contribution in [1.82, 2.24) is 15.0 Å². The Morgan fingerprint density at radius 3 is 3.00 bits per heavy atom. The van der Waals surface area contributed by atoms with Crippen LogP contribution < -0.4 is 0 Å². The van der Waals surface area contributed by atoms with E-state index in [1.54, 1.807) is 22.2 Å². The molecule has 3 nitrogen and oxygen atoms in total. The van der Waals surface area contributed by atoms with Gasteiger partial charge in [-0.25, -0.2) is 4.68 Å². The molecule has 2 aromatic rings. The van der Waals surface area contributed by atoms with Crippen LogP contribution in [0.1, 0.15) is 4.88 Å². The molecule has 0 amide bonds. The summed E-state index contributed by atoms with van der Waals surface area (Å²) in [5.74, 6) is 0. The van der Waals surface area contributed by atoms with Crippen LogP contribution in [-0.2, 0) is 6.54 Å². The third-order valence-electron chi connectivity index (χ3n) is 1.42. The summed E-state index contributed by atoms with van der Waals surface area (Å²) >= 11 is 5.12. The van der Waals surface area contributed by atoms with E-state index < -0.39 is 0 Å². The van der Waals surface area contributed by atoms with Gasteiger partial charge >= 0.3 is 0 Å². The van der Waals surface area contributed by atoms with Gasteiger partial charge in [0.1, 0.15) is 0 Å². The maximum atomic E-state index is 3.88. The Bertz CT molecular complexity index is 354. The second-order valence-corrected chi connectivity index (χ2v) is 4.85. The van der Waals surface area contributed by atoms with Gasteiger partial charge in [-0.05, 0) is 28.1 Å². The molecule has 0 saturated heterocycles. The molecule has 5 heteroatoms. The molecule has 0 aliphatic heterocycles. The second-order valence-electron chi connectivity index (χ2n) is 2.31. The average molecular weight is 244 g/mol. The van der Waals surface area contributed by atoms with Crippen LogP contribution in [0.2, 0.25) is 0 Å². The molecule has 0 aromatic carbocycles. The first-order valence-electron chi connectivity index (χ1n) is 3.43. The number of rotatable bonds is 2. The van der Waals surface area contributed by atoms with Gasteiger partial charge in [-0.3, -0.25) is 0 Å². The fraction of sp³-hybridized carbons (Fsp3) is 0.143. The number of hydrogen-bond donors (Lipinski definition) is 0. The second kappa shape index (κ2) is 3.37. The van der Waals surface area contributed by atoms with E-state index in [0.29, 0.717) is 0 Å². The molecule has 0 unspecified atom stereocenters. The minimum Gasteiger partial charge on any atom is -0.247 e. The molecule has 0 saturated carbocycles. The van der Waals surface area contributed by atoms with Crippen molar-refractivity contribution in [2.75, 3.05) is 0 Å². The monoisotopic (exact) mass is 243 g/mol. The van der Waals surface area contributed by atoms with Gasteiger partial charge in [0.2, 0.25) is 0 Å². The van der Waals surface area contributed by atoms with E-state index in [1.807, 2.05) is 12.3 Å². The fourth-order valence-corrected chi connectivity index (χ4v) is 2.39. The normalized spacial score (nSPS) is 10.4. The quantitative estimate of drug-likeness (QED) is 0.810. The Labute approximate surface area is 82.2 Å². The summed E-state index contributed by atoms with van der Waals surface area (Å²) in [5.41, 5.74) is 0. The van der Waals surface area contributed by atoms with Crippen molar-refractivity contribution >= 4 is 27.3 Å². The zero-order chi connectivity index (χ0) is 8.39. The Morgan fingerprint density at radius 2 is 2.42 bits per heavy atom. The van der Waals surface area contributed by atoms with Crippen LogP contribution >= 0.6 is 27.3 Å². The first-order valence-corrected chi connectivity index (χ1v) is 5.04. The lowest BCUT2D eigenvalue weighted by Gasteiger charge is -1.94. The molecule has 0 radical (unpaired) electrons. The molecule has 2 rings (SSSR count).